The van der Waals surface area contributed by atoms with Crippen LogP contribution in [0.15, 0.2) is 47.4 Å². The molecule has 1 aromatic carbocycles. The van der Waals surface area contributed by atoms with Gasteiger partial charge in [0, 0.05) is 11.4 Å². The van der Waals surface area contributed by atoms with Gasteiger partial charge in [-0.3, -0.25) is 9.59 Å². The van der Waals surface area contributed by atoms with Crippen molar-refractivity contribution in [2.24, 2.45) is 5.14 Å². The van der Waals surface area contributed by atoms with Gasteiger partial charge in [0.05, 0.1) is 4.90 Å². The van der Waals surface area contributed by atoms with Crippen molar-refractivity contribution in [2.75, 3.05) is 10.6 Å². The van der Waals surface area contributed by atoms with Gasteiger partial charge in [0.15, 0.2) is 0 Å². The minimum absolute atomic E-state index is 0.0936. The Hall–Kier alpha value is -2.78. The first-order valence-electron chi connectivity index (χ1n) is 6.44. The van der Waals surface area contributed by atoms with Crippen LogP contribution in [0, 0.1) is 6.92 Å². The van der Waals surface area contributed by atoms with Crippen LogP contribution in [-0.4, -0.2) is 25.2 Å². The average Bonchev–Trinajstić information content (AvgIpc) is 2.46. The maximum atomic E-state index is 11.8. The van der Waals surface area contributed by atoms with Gasteiger partial charge < -0.3 is 10.6 Å². The highest BCUT2D eigenvalue weighted by Crippen LogP contribution is 2.12. The Balaban J connectivity index is 2.02. The Labute approximate surface area is 132 Å². The second-order valence-corrected chi connectivity index (χ2v) is 6.20. The highest BCUT2D eigenvalue weighted by Gasteiger charge is 2.15. The predicted molar refractivity (Wildman–Crippen MR) is 84.0 cm³/mol. The molecule has 0 unspecified atom stereocenters. The number of pyridine rings is 1. The largest absolute Gasteiger partial charge is 0.318 e. The van der Waals surface area contributed by atoms with E-state index in [1.54, 1.807) is 25.1 Å². The normalized spacial score (nSPS) is 10.9. The van der Waals surface area contributed by atoms with Gasteiger partial charge in [-0.25, -0.2) is 18.5 Å². The molecule has 1 aromatic heterocycles. The van der Waals surface area contributed by atoms with Crippen molar-refractivity contribution in [3.63, 3.8) is 0 Å². The van der Waals surface area contributed by atoms with E-state index in [1.807, 2.05) is 0 Å². The fourth-order valence-corrected chi connectivity index (χ4v) is 2.22. The van der Waals surface area contributed by atoms with Crippen molar-refractivity contribution in [1.82, 2.24) is 4.98 Å². The quantitative estimate of drug-likeness (QED) is 0.708. The fraction of sp³-hybridized carbons (Fsp3) is 0.0714. The summed E-state index contributed by atoms with van der Waals surface area (Å²) in [4.78, 5) is 27.5. The smallest absolute Gasteiger partial charge is 0.315 e. The average molecular weight is 334 g/mol. The summed E-state index contributed by atoms with van der Waals surface area (Å²) in [5, 5.41) is 9.67. The van der Waals surface area contributed by atoms with E-state index in [-0.39, 0.29) is 16.4 Å². The standard InChI is InChI=1S/C14H14N4O4S/c1-9-3-2-4-12(16-9)18-14(20)13(19)17-10-5-7-11(8-6-10)23(15,21)22/h2-8H,1H3,(H,17,19)(H2,15,21,22)(H,16,18,20). The zero-order chi connectivity index (χ0) is 17.0. The number of aryl methyl sites for hydroxylation is 1. The third-order valence-electron chi connectivity index (χ3n) is 2.78. The summed E-state index contributed by atoms with van der Waals surface area (Å²) in [6, 6.07) is 10.1. The Kier molecular flexibility index (Phi) is 4.72. The molecule has 0 aliphatic carbocycles. The third kappa shape index (κ3) is 4.59. The minimum atomic E-state index is -3.81. The zero-order valence-electron chi connectivity index (χ0n) is 12.1. The lowest BCUT2D eigenvalue weighted by Gasteiger charge is -2.07. The van der Waals surface area contributed by atoms with Gasteiger partial charge in [0.25, 0.3) is 0 Å². The second kappa shape index (κ2) is 6.55. The Morgan fingerprint density at radius 3 is 2.17 bits per heavy atom. The van der Waals surface area contributed by atoms with Crippen molar-refractivity contribution in [3.8, 4) is 0 Å². The first-order valence-corrected chi connectivity index (χ1v) is 7.99. The molecule has 0 fully saturated rings. The molecule has 0 aliphatic rings. The van der Waals surface area contributed by atoms with Crippen LogP contribution in [-0.2, 0) is 19.6 Å². The van der Waals surface area contributed by atoms with Gasteiger partial charge >= 0.3 is 11.8 Å². The Morgan fingerprint density at radius 1 is 1.00 bits per heavy atom. The highest BCUT2D eigenvalue weighted by atomic mass is 32.2. The van der Waals surface area contributed by atoms with E-state index in [2.05, 4.69) is 15.6 Å². The third-order valence-corrected chi connectivity index (χ3v) is 3.71. The summed E-state index contributed by atoms with van der Waals surface area (Å²) < 4.78 is 22.2. The number of carbonyl (C=O) groups is 2. The summed E-state index contributed by atoms with van der Waals surface area (Å²) in [5.74, 6) is -1.54. The molecule has 2 rings (SSSR count). The Bertz CT molecular complexity index is 847. The van der Waals surface area contributed by atoms with Crippen molar-refractivity contribution < 1.29 is 18.0 Å². The number of nitrogens with two attached hydrogens (primary N) is 1. The van der Waals surface area contributed by atoms with E-state index >= 15 is 0 Å². The van der Waals surface area contributed by atoms with Crippen LogP contribution in [0.3, 0.4) is 0 Å². The minimum Gasteiger partial charge on any atom is -0.318 e. The van der Waals surface area contributed by atoms with Crippen molar-refractivity contribution in [1.29, 1.82) is 0 Å². The highest BCUT2D eigenvalue weighted by molar-refractivity contribution is 7.89. The van der Waals surface area contributed by atoms with E-state index < -0.39 is 21.8 Å². The molecule has 0 radical (unpaired) electrons. The Morgan fingerprint density at radius 2 is 1.61 bits per heavy atom. The molecule has 9 heteroatoms. The van der Waals surface area contributed by atoms with E-state index in [0.717, 1.165) is 0 Å². The van der Waals surface area contributed by atoms with Gasteiger partial charge in [0.2, 0.25) is 10.0 Å². The number of amides is 2. The molecule has 0 atom stereocenters. The number of nitrogens with one attached hydrogen (secondary N) is 2. The number of nitrogens with zero attached hydrogens (tertiary/aromatic N) is 1. The number of anilines is 2. The SMILES string of the molecule is Cc1cccc(NC(=O)C(=O)Nc2ccc(S(N)(=O)=O)cc2)n1. The molecule has 2 amide bonds. The number of hydrogen-bond acceptors (Lipinski definition) is 5. The summed E-state index contributed by atoms with van der Waals surface area (Å²) in [5.41, 5.74) is 0.955. The van der Waals surface area contributed by atoms with E-state index in [9.17, 15) is 18.0 Å². The zero-order valence-corrected chi connectivity index (χ0v) is 12.9. The number of rotatable bonds is 3. The molecule has 120 valence electrons. The molecule has 0 bridgehead atoms. The monoisotopic (exact) mass is 334 g/mol. The van der Waals surface area contributed by atoms with Crippen LogP contribution in [0.2, 0.25) is 0 Å². The molecule has 8 nitrogen and oxygen atoms in total. The van der Waals surface area contributed by atoms with Crippen LogP contribution in [0.25, 0.3) is 0 Å². The maximum Gasteiger partial charge on any atom is 0.315 e. The fourth-order valence-electron chi connectivity index (χ4n) is 1.70. The van der Waals surface area contributed by atoms with E-state index in [4.69, 9.17) is 5.14 Å². The predicted octanol–water partition coefficient (Wildman–Crippen LogP) is 0.615. The molecule has 23 heavy (non-hydrogen) atoms. The molecule has 0 saturated heterocycles. The second-order valence-electron chi connectivity index (χ2n) is 4.64. The molecule has 4 N–H and O–H groups in total. The molecular weight excluding hydrogens is 320 g/mol. The lowest BCUT2D eigenvalue weighted by Crippen LogP contribution is -2.29. The number of sulfonamides is 1. The van der Waals surface area contributed by atoms with E-state index in [0.29, 0.717) is 5.69 Å². The van der Waals surface area contributed by atoms with Crippen molar-refractivity contribution in [3.05, 3.63) is 48.2 Å². The number of hydrogen-bond donors (Lipinski definition) is 3. The van der Waals surface area contributed by atoms with Crippen LogP contribution in [0.1, 0.15) is 5.69 Å². The summed E-state index contributed by atoms with van der Waals surface area (Å²) in [6.45, 7) is 1.75. The van der Waals surface area contributed by atoms with E-state index in [1.165, 1.54) is 24.3 Å². The first kappa shape index (κ1) is 16.6. The molecular formula is C14H14N4O4S. The van der Waals surface area contributed by atoms with Crippen LogP contribution >= 0.6 is 0 Å². The van der Waals surface area contributed by atoms with Crippen LogP contribution in [0.4, 0.5) is 11.5 Å². The number of carbonyl (C=O) groups excluding carboxylic acids is 2. The molecule has 1 heterocycles. The lowest BCUT2D eigenvalue weighted by atomic mass is 10.3. The maximum absolute atomic E-state index is 11.8. The number of primary sulfonamides is 1. The van der Waals surface area contributed by atoms with Crippen LogP contribution in [0.5, 0.6) is 0 Å². The lowest BCUT2D eigenvalue weighted by molar-refractivity contribution is -0.133. The first-order chi connectivity index (χ1) is 10.8. The van der Waals surface area contributed by atoms with Gasteiger partial charge in [-0.1, -0.05) is 6.07 Å². The summed E-state index contributed by atoms with van der Waals surface area (Å²) in [7, 11) is -3.81. The molecule has 0 spiro atoms. The van der Waals surface area contributed by atoms with Gasteiger partial charge in [-0.15, -0.1) is 0 Å². The van der Waals surface area contributed by atoms with Gasteiger partial charge in [-0.05, 0) is 43.3 Å². The van der Waals surface area contributed by atoms with Gasteiger partial charge in [-0.2, -0.15) is 0 Å². The topological polar surface area (TPSA) is 131 Å². The molecule has 0 saturated carbocycles. The van der Waals surface area contributed by atoms with Crippen LogP contribution < -0.4 is 15.8 Å². The number of aromatic nitrogens is 1. The summed E-state index contributed by atoms with van der Waals surface area (Å²) in [6.07, 6.45) is 0. The van der Waals surface area contributed by atoms with Crippen molar-refractivity contribution >= 4 is 33.3 Å². The molecule has 0 aliphatic heterocycles. The molecule has 2 aromatic rings. The number of benzene rings is 1. The van der Waals surface area contributed by atoms with Crippen molar-refractivity contribution in [2.45, 2.75) is 11.8 Å². The van der Waals surface area contributed by atoms with Gasteiger partial charge in [0.1, 0.15) is 5.82 Å². The summed E-state index contributed by atoms with van der Waals surface area (Å²) >= 11 is 0.